The zero-order valence-electron chi connectivity index (χ0n) is 13.5. The summed E-state index contributed by atoms with van der Waals surface area (Å²) in [6.45, 7) is 3.91. The Morgan fingerprint density at radius 3 is 1.30 bits per heavy atom. The van der Waals surface area contributed by atoms with Crippen LogP contribution in [0, 0.1) is 13.8 Å². The quantitative estimate of drug-likeness (QED) is 0.573. The fourth-order valence-corrected chi connectivity index (χ4v) is 1.55. The minimum absolute atomic E-state index is 0.194. The molecule has 0 aromatic heterocycles. The third-order valence-electron chi connectivity index (χ3n) is 2.95. The number of anilines is 2. The summed E-state index contributed by atoms with van der Waals surface area (Å²) in [5.74, 6) is 1.71. The van der Waals surface area contributed by atoms with Crippen molar-refractivity contribution in [2.24, 2.45) is 0 Å². The van der Waals surface area contributed by atoms with Gasteiger partial charge in [0.25, 0.3) is 0 Å². The first-order chi connectivity index (χ1) is 10.9. The Kier molecular flexibility index (Phi) is 11.5. The molecule has 23 heavy (non-hydrogen) atoms. The van der Waals surface area contributed by atoms with Crippen molar-refractivity contribution in [2.75, 3.05) is 25.7 Å². The predicted molar refractivity (Wildman–Crippen MR) is 96.0 cm³/mol. The Balaban J connectivity index is 0.000000360. The van der Waals surface area contributed by atoms with Gasteiger partial charge in [0.05, 0.1) is 14.2 Å². The second-order valence-corrected chi connectivity index (χ2v) is 6.32. The van der Waals surface area contributed by atoms with Crippen LogP contribution < -0.4 is 20.9 Å². The molecular weight excluding hydrogens is 379 g/mol. The first-order valence-electron chi connectivity index (χ1n) is 6.55. The van der Waals surface area contributed by atoms with Gasteiger partial charge >= 0.3 is 33.3 Å². The van der Waals surface area contributed by atoms with Crippen LogP contribution in [0.3, 0.4) is 0 Å². The molecule has 130 valence electrons. The van der Waals surface area contributed by atoms with Crippen LogP contribution in [-0.4, -0.2) is 14.2 Å². The van der Waals surface area contributed by atoms with Crippen LogP contribution >= 0.6 is 20.2 Å². The van der Waals surface area contributed by atoms with Gasteiger partial charge in [0, 0.05) is 11.4 Å². The zero-order chi connectivity index (χ0) is 17.8. The van der Waals surface area contributed by atoms with Crippen molar-refractivity contribution >= 4 is 31.6 Å². The Morgan fingerprint density at radius 1 is 0.783 bits per heavy atom. The predicted octanol–water partition coefficient (Wildman–Crippen LogP) is 4.55. The molecule has 0 fully saturated rings. The number of halogens is 2. The molecule has 4 nitrogen and oxygen atoms in total. The van der Waals surface area contributed by atoms with Gasteiger partial charge in [-0.15, -0.1) is 0 Å². The van der Waals surface area contributed by atoms with Gasteiger partial charge in [-0.3, -0.25) is 0 Å². The molecule has 0 saturated carbocycles. The molecule has 4 N–H and O–H groups in total. The van der Waals surface area contributed by atoms with E-state index >= 15 is 0 Å². The number of nitrogen functional groups attached to an aromatic ring is 2. The van der Waals surface area contributed by atoms with Crippen molar-refractivity contribution in [3.05, 3.63) is 47.5 Å². The van der Waals surface area contributed by atoms with Crippen molar-refractivity contribution in [3.8, 4) is 11.5 Å². The van der Waals surface area contributed by atoms with Crippen LogP contribution in [0.25, 0.3) is 0 Å². The van der Waals surface area contributed by atoms with E-state index in [1.165, 1.54) is 0 Å². The van der Waals surface area contributed by atoms with Gasteiger partial charge in [-0.2, -0.15) is 0 Å². The van der Waals surface area contributed by atoms with Crippen LogP contribution in [0.5, 0.6) is 11.5 Å². The molecule has 2 aromatic rings. The number of aryl methyl sites for hydroxylation is 2. The van der Waals surface area contributed by atoms with Crippen LogP contribution in [0.4, 0.5) is 11.4 Å². The molecule has 0 heterocycles. The van der Waals surface area contributed by atoms with E-state index in [1.807, 2.05) is 50.2 Å². The van der Waals surface area contributed by atoms with E-state index in [1.54, 1.807) is 14.2 Å². The summed E-state index contributed by atoms with van der Waals surface area (Å²) >= 11 is 0.194. The SMILES string of the molecule is COc1ccc(N)c(C)c1.COc1ccc(N)c(C)c1.[Cl][Fe][Cl]. The fraction of sp³-hybridized carbons (Fsp3) is 0.250. The van der Waals surface area contributed by atoms with Crippen LogP contribution in [0.2, 0.25) is 0 Å². The first kappa shape index (κ1) is 21.7. The molecule has 7 heteroatoms. The van der Waals surface area contributed by atoms with Gasteiger partial charge in [0.2, 0.25) is 0 Å². The van der Waals surface area contributed by atoms with E-state index in [0.717, 1.165) is 34.0 Å². The van der Waals surface area contributed by atoms with E-state index in [9.17, 15) is 0 Å². The molecule has 0 amide bonds. The van der Waals surface area contributed by atoms with Crippen molar-refractivity contribution in [2.45, 2.75) is 13.8 Å². The Hall–Kier alpha value is -1.26. The number of ether oxygens (including phenoxy) is 2. The number of methoxy groups -OCH3 is 2. The van der Waals surface area contributed by atoms with Gasteiger partial charge < -0.3 is 20.9 Å². The number of rotatable bonds is 2. The van der Waals surface area contributed by atoms with Crippen LogP contribution in [0.1, 0.15) is 11.1 Å². The average molecular weight is 401 g/mol. The topological polar surface area (TPSA) is 70.5 Å². The molecule has 0 aliphatic rings. The molecule has 0 aliphatic heterocycles. The van der Waals surface area contributed by atoms with E-state index in [-0.39, 0.29) is 13.1 Å². The standard InChI is InChI=1S/2C8H11NO.2ClH.Fe/c2*1-6-5-7(10-2)3-4-8(6)9;;;/h2*3-5H,9H2,1-2H3;2*1H;/q;;;;+2/p-2. The summed E-state index contributed by atoms with van der Waals surface area (Å²) in [4.78, 5) is 0. The van der Waals surface area contributed by atoms with Gasteiger partial charge in [0.1, 0.15) is 11.5 Å². The van der Waals surface area contributed by atoms with Gasteiger partial charge in [-0.05, 0) is 61.4 Å². The van der Waals surface area contributed by atoms with Crippen LogP contribution in [0.15, 0.2) is 36.4 Å². The Morgan fingerprint density at radius 2 is 1.09 bits per heavy atom. The summed E-state index contributed by atoms with van der Waals surface area (Å²) in [5, 5.41) is 0. The molecule has 0 bridgehead atoms. The number of hydrogen-bond acceptors (Lipinski definition) is 4. The van der Waals surface area contributed by atoms with E-state index < -0.39 is 0 Å². The minimum atomic E-state index is 0.194. The van der Waals surface area contributed by atoms with Crippen molar-refractivity contribution in [1.82, 2.24) is 0 Å². The van der Waals surface area contributed by atoms with Crippen molar-refractivity contribution < 1.29 is 22.6 Å². The van der Waals surface area contributed by atoms with E-state index in [4.69, 9.17) is 41.1 Å². The summed E-state index contributed by atoms with van der Waals surface area (Å²) in [6, 6.07) is 11.2. The first-order valence-corrected chi connectivity index (χ1v) is 9.58. The molecule has 0 spiro atoms. The van der Waals surface area contributed by atoms with E-state index in [0.29, 0.717) is 0 Å². The van der Waals surface area contributed by atoms with Crippen LogP contribution in [-0.2, 0) is 13.1 Å². The number of benzene rings is 2. The third kappa shape index (κ3) is 8.82. The van der Waals surface area contributed by atoms with Gasteiger partial charge in [-0.25, -0.2) is 0 Å². The fourth-order valence-electron chi connectivity index (χ4n) is 1.55. The normalized spacial score (nSPS) is 9.13. The average Bonchev–Trinajstić information content (AvgIpc) is 2.54. The monoisotopic (exact) mass is 400 g/mol. The van der Waals surface area contributed by atoms with Gasteiger partial charge in [-0.1, -0.05) is 0 Å². The van der Waals surface area contributed by atoms with Crippen molar-refractivity contribution in [1.29, 1.82) is 0 Å². The molecule has 2 rings (SSSR count). The molecule has 2 aromatic carbocycles. The van der Waals surface area contributed by atoms with Crippen molar-refractivity contribution in [3.63, 3.8) is 0 Å². The maximum absolute atomic E-state index is 5.59. The Bertz CT molecular complexity index is 547. The number of hydrogen-bond donors (Lipinski definition) is 2. The zero-order valence-corrected chi connectivity index (χ0v) is 16.2. The second kappa shape index (κ2) is 12.2. The molecule has 0 unspecified atom stereocenters. The Labute approximate surface area is 152 Å². The summed E-state index contributed by atoms with van der Waals surface area (Å²) < 4.78 is 9.99. The molecular formula is C16H22Cl2FeN2O2. The second-order valence-electron chi connectivity index (χ2n) is 4.50. The molecule has 0 saturated heterocycles. The number of nitrogens with two attached hydrogens (primary N) is 2. The third-order valence-corrected chi connectivity index (χ3v) is 2.95. The van der Waals surface area contributed by atoms with E-state index in [2.05, 4.69) is 0 Å². The molecule has 0 atom stereocenters. The molecule has 0 aliphatic carbocycles. The summed E-state index contributed by atoms with van der Waals surface area (Å²) in [5.41, 5.74) is 14.9. The van der Waals surface area contributed by atoms with Gasteiger partial charge in [0.15, 0.2) is 0 Å². The molecule has 0 radical (unpaired) electrons. The summed E-state index contributed by atoms with van der Waals surface area (Å²) in [7, 11) is 12.8. The summed E-state index contributed by atoms with van der Waals surface area (Å²) in [6.07, 6.45) is 0. The maximum atomic E-state index is 5.59.